The quantitative estimate of drug-likeness (QED) is 0.232. The molecule has 0 radical (unpaired) electrons. The summed E-state index contributed by atoms with van der Waals surface area (Å²) in [5.74, 6) is -1.03. The standard InChI is InChI=1S/C38H41N3O6/c1-3-10-32-37(43)41(2)33(38(44)45)22-30-20-28(16-18-35(30)47-24-26-13-8-5-9-14-26)27-15-17-34(46-23-25-11-6-4-7-12-25)29(19-27)21-31(39)36(42)40-32/h4-9,11-20,31-33H,3,10,21-24,39H2,1-2H3,(H,40,42)(H,44,45)/t31?,32-,33?/m0/s1. The second kappa shape index (κ2) is 15.4. The van der Waals surface area contributed by atoms with E-state index in [-0.39, 0.29) is 12.8 Å². The van der Waals surface area contributed by atoms with Crippen molar-refractivity contribution in [2.75, 3.05) is 7.05 Å². The predicted molar refractivity (Wildman–Crippen MR) is 180 cm³/mol. The summed E-state index contributed by atoms with van der Waals surface area (Å²) in [6.07, 6.45) is 1.08. The average Bonchev–Trinajstić information content (AvgIpc) is 3.09. The number of hydrogen-bond donors (Lipinski definition) is 3. The molecule has 0 aliphatic carbocycles. The van der Waals surface area contributed by atoms with Gasteiger partial charge in [-0.3, -0.25) is 9.59 Å². The highest BCUT2D eigenvalue weighted by Crippen LogP contribution is 2.33. The Labute approximate surface area is 275 Å². The molecule has 244 valence electrons. The van der Waals surface area contributed by atoms with E-state index in [9.17, 15) is 19.5 Å². The van der Waals surface area contributed by atoms with E-state index >= 15 is 0 Å². The van der Waals surface area contributed by atoms with Gasteiger partial charge in [0.2, 0.25) is 11.8 Å². The van der Waals surface area contributed by atoms with Crippen LogP contribution in [0.4, 0.5) is 0 Å². The first-order valence-corrected chi connectivity index (χ1v) is 15.9. The first kappa shape index (κ1) is 33.2. The smallest absolute Gasteiger partial charge is 0.326 e. The van der Waals surface area contributed by atoms with Crippen molar-refractivity contribution in [2.45, 2.75) is 63.9 Å². The molecule has 0 saturated heterocycles. The van der Waals surface area contributed by atoms with E-state index < -0.39 is 35.9 Å². The van der Waals surface area contributed by atoms with Crippen molar-refractivity contribution in [3.63, 3.8) is 0 Å². The van der Waals surface area contributed by atoms with Crippen molar-refractivity contribution in [2.24, 2.45) is 5.73 Å². The number of carboxylic acids is 1. The summed E-state index contributed by atoms with van der Waals surface area (Å²) in [5.41, 5.74) is 11.4. The zero-order chi connectivity index (χ0) is 33.3. The summed E-state index contributed by atoms with van der Waals surface area (Å²) in [6, 6.07) is 27.8. The molecule has 1 aliphatic heterocycles. The Hall–Kier alpha value is -5.15. The second-order valence-corrected chi connectivity index (χ2v) is 11.9. The van der Waals surface area contributed by atoms with Gasteiger partial charge in [-0.2, -0.15) is 0 Å². The number of hydrogen-bond acceptors (Lipinski definition) is 6. The Morgan fingerprint density at radius 3 is 1.83 bits per heavy atom. The third-order valence-corrected chi connectivity index (χ3v) is 8.41. The topological polar surface area (TPSA) is 131 Å². The minimum absolute atomic E-state index is 0.00698. The number of benzene rings is 4. The molecule has 0 saturated carbocycles. The van der Waals surface area contributed by atoms with Crippen molar-refractivity contribution in [3.8, 4) is 22.6 Å². The Balaban J connectivity index is 1.58. The van der Waals surface area contributed by atoms with E-state index in [1.807, 2.05) is 104 Å². The molecular formula is C38H41N3O6. The highest BCUT2D eigenvalue weighted by Gasteiger charge is 2.33. The molecule has 47 heavy (non-hydrogen) atoms. The van der Waals surface area contributed by atoms with E-state index in [1.165, 1.54) is 11.9 Å². The van der Waals surface area contributed by atoms with Gasteiger partial charge in [-0.15, -0.1) is 0 Å². The predicted octanol–water partition coefficient (Wildman–Crippen LogP) is 5.13. The molecule has 4 aromatic rings. The summed E-state index contributed by atoms with van der Waals surface area (Å²) < 4.78 is 12.5. The molecular weight excluding hydrogens is 594 g/mol. The Morgan fingerprint density at radius 1 is 0.830 bits per heavy atom. The third-order valence-electron chi connectivity index (χ3n) is 8.41. The molecule has 2 unspecified atom stereocenters. The molecule has 2 amide bonds. The zero-order valence-corrected chi connectivity index (χ0v) is 26.7. The van der Waals surface area contributed by atoms with Gasteiger partial charge in [-0.25, -0.2) is 4.79 Å². The highest BCUT2D eigenvalue weighted by molar-refractivity contribution is 5.92. The third kappa shape index (κ3) is 8.37. The zero-order valence-electron chi connectivity index (χ0n) is 26.7. The van der Waals surface area contributed by atoms with Crippen molar-refractivity contribution in [1.29, 1.82) is 0 Å². The normalized spacial score (nSPS) is 18.4. The first-order chi connectivity index (χ1) is 22.7. The van der Waals surface area contributed by atoms with Gasteiger partial charge in [-0.1, -0.05) is 86.1 Å². The maximum atomic E-state index is 13.7. The summed E-state index contributed by atoms with van der Waals surface area (Å²) in [6.45, 7) is 2.52. The number of carbonyl (C=O) groups excluding carboxylic acids is 2. The van der Waals surface area contributed by atoms with Gasteiger partial charge in [0.25, 0.3) is 0 Å². The largest absolute Gasteiger partial charge is 0.489 e. The summed E-state index contributed by atoms with van der Waals surface area (Å²) in [4.78, 5) is 41.0. The number of likely N-dealkylation sites (N-methyl/N-ethyl adjacent to an activating group) is 1. The Morgan fingerprint density at radius 2 is 1.34 bits per heavy atom. The lowest BCUT2D eigenvalue weighted by atomic mass is 9.95. The Kier molecular flexibility index (Phi) is 10.9. The molecule has 3 atom stereocenters. The summed E-state index contributed by atoms with van der Waals surface area (Å²) in [5, 5.41) is 13.1. The molecule has 1 heterocycles. The van der Waals surface area contributed by atoms with Crippen molar-refractivity contribution < 1.29 is 29.0 Å². The lowest BCUT2D eigenvalue weighted by Crippen LogP contribution is -2.55. The van der Waals surface area contributed by atoms with Crippen LogP contribution in [0.3, 0.4) is 0 Å². The van der Waals surface area contributed by atoms with Gasteiger partial charge in [0.05, 0.1) is 6.04 Å². The monoisotopic (exact) mass is 635 g/mol. The number of carboxylic acid groups (broad SMARTS) is 1. The van der Waals surface area contributed by atoms with Crippen LogP contribution in [-0.4, -0.2) is 53.0 Å². The highest BCUT2D eigenvalue weighted by atomic mass is 16.5. The maximum Gasteiger partial charge on any atom is 0.326 e. The fourth-order valence-corrected chi connectivity index (χ4v) is 5.74. The number of fused-ring (bicyclic) bond motifs is 5. The van der Waals surface area contributed by atoms with E-state index in [4.69, 9.17) is 15.2 Å². The van der Waals surface area contributed by atoms with Crippen LogP contribution < -0.4 is 20.5 Å². The van der Waals surface area contributed by atoms with Gasteiger partial charge < -0.3 is 30.5 Å². The molecule has 0 fully saturated rings. The van der Waals surface area contributed by atoms with Gasteiger partial charge in [-0.05, 0) is 64.1 Å². The number of nitrogens with two attached hydrogens (primary N) is 1. The number of nitrogens with one attached hydrogen (secondary N) is 1. The van der Waals surface area contributed by atoms with E-state index in [0.29, 0.717) is 43.1 Å². The molecule has 1 aliphatic rings. The summed E-state index contributed by atoms with van der Waals surface area (Å²) in [7, 11) is 1.46. The number of rotatable bonds is 9. The van der Waals surface area contributed by atoms with Gasteiger partial charge >= 0.3 is 5.97 Å². The Bertz CT molecular complexity index is 1690. The number of aliphatic carboxylic acids is 1. The fraction of sp³-hybridized carbons (Fsp3) is 0.289. The number of nitrogens with zero attached hydrogens (tertiary/aromatic N) is 1. The van der Waals surface area contributed by atoms with Crippen molar-refractivity contribution in [1.82, 2.24) is 10.2 Å². The molecule has 0 aromatic heterocycles. The lowest BCUT2D eigenvalue weighted by molar-refractivity contribution is -0.150. The van der Waals surface area contributed by atoms with Crippen LogP contribution in [0.15, 0.2) is 97.1 Å². The van der Waals surface area contributed by atoms with E-state index in [1.54, 1.807) is 0 Å². The minimum Gasteiger partial charge on any atom is -0.489 e. The van der Waals surface area contributed by atoms with Gasteiger partial charge in [0, 0.05) is 19.9 Å². The molecule has 4 aromatic carbocycles. The molecule has 0 spiro atoms. The van der Waals surface area contributed by atoms with E-state index in [2.05, 4.69) is 5.32 Å². The first-order valence-electron chi connectivity index (χ1n) is 15.9. The molecule has 9 heteroatoms. The van der Waals surface area contributed by atoms with Crippen LogP contribution in [-0.2, 0) is 40.4 Å². The number of ether oxygens (including phenoxy) is 2. The van der Waals surface area contributed by atoms with Crippen molar-refractivity contribution >= 4 is 17.8 Å². The van der Waals surface area contributed by atoms with Crippen LogP contribution in [0.1, 0.15) is 42.0 Å². The molecule has 5 rings (SSSR count). The van der Waals surface area contributed by atoms with Crippen LogP contribution in [0.2, 0.25) is 0 Å². The molecule has 4 N–H and O–H groups in total. The summed E-state index contributed by atoms with van der Waals surface area (Å²) >= 11 is 0. The van der Waals surface area contributed by atoms with E-state index in [0.717, 1.165) is 27.8 Å². The minimum atomic E-state index is -1.21. The van der Waals surface area contributed by atoms with Crippen LogP contribution in [0, 0.1) is 0 Å². The molecule has 9 nitrogen and oxygen atoms in total. The second-order valence-electron chi connectivity index (χ2n) is 11.9. The van der Waals surface area contributed by atoms with Crippen LogP contribution in [0.25, 0.3) is 11.1 Å². The fourth-order valence-electron chi connectivity index (χ4n) is 5.74. The molecule has 4 bridgehead atoms. The van der Waals surface area contributed by atoms with Gasteiger partial charge in [0.1, 0.15) is 36.8 Å². The SMILES string of the molecule is CCC[C@@H]1NC(=O)C(N)Cc2cc(ccc2OCc2ccccc2)-c2ccc(OCc3ccccc3)c(c2)CC(C(=O)O)N(C)C1=O. The van der Waals surface area contributed by atoms with Crippen molar-refractivity contribution in [3.05, 3.63) is 119 Å². The average molecular weight is 636 g/mol. The number of carbonyl (C=O) groups is 3. The number of amides is 2. The van der Waals surface area contributed by atoms with Crippen LogP contribution in [0.5, 0.6) is 11.5 Å². The van der Waals surface area contributed by atoms with Crippen LogP contribution >= 0.6 is 0 Å². The van der Waals surface area contributed by atoms with Gasteiger partial charge in [0.15, 0.2) is 0 Å². The maximum absolute atomic E-state index is 13.7. The lowest BCUT2D eigenvalue weighted by Gasteiger charge is -2.30.